The molecule has 5 nitrogen and oxygen atoms in total. The van der Waals surface area contributed by atoms with Crippen LogP contribution >= 0.6 is 23.2 Å². The molecule has 2 aromatic rings. The van der Waals surface area contributed by atoms with E-state index >= 15 is 0 Å². The highest BCUT2D eigenvalue weighted by Crippen LogP contribution is 2.21. The maximum Gasteiger partial charge on any atom is 0.243 e. The molecule has 0 saturated heterocycles. The summed E-state index contributed by atoms with van der Waals surface area (Å²) in [6, 6.07) is 13.9. The topological polar surface area (TPSA) is 58.6 Å². The van der Waals surface area contributed by atoms with E-state index in [0.29, 0.717) is 35.2 Å². The maximum absolute atomic E-state index is 13.1. The summed E-state index contributed by atoms with van der Waals surface area (Å²) in [5.74, 6) is 0.438. The van der Waals surface area contributed by atoms with Crippen molar-refractivity contribution >= 4 is 35.0 Å². The van der Waals surface area contributed by atoms with Gasteiger partial charge in [-0.05, 0) is 62.6 Å². The van der Waals surface area contributed by atoms with Crippen molar-refractivity contribution in [3.8, 4) is 5.75 Å². The number of carbonyl (C=O) groups is 2. The normalized spacial score (nSPS) is 11.8. The Hall–Kier alpha value is -2.24. The van der Waals surface area contributed by atoms with Crippen molar-refractivity contribution in [2.24, 2.45) is 0 Å². The van der Waals surface area contributed by atoms with Crippen molar-refractivity contribution in [2.75, 3.05) is 6.61 Å². The van der Waals surface area contributed by atoms with Crippen LogP contribution in [0.2, 0.25) is 10.0 Å². The van der Waals surface area contributed by atoms with Gasteiger partial charge in [0.05, 0.1) is 6.61 Å². The van der Waals surface area contributed by atoms with Crippen LogP contribution in [-0.4, -0.2) is 35.4 Å². The molecule has 0 fully saturated rings. The van der Waals surface area contributed by atoms with E-state index in [9.17, 15) is 9.59 Å². The number of amides is 2. The van der Waals surface area contributed by atoms with E-state index < -0.39 is 6.04 Å². The first-order valence-corrected chi connectivity index (χ1v) is 11.3. The summed E-state index contributed by atoms with van der Waals surface area (Å²) >= 11 is 12.2. The van der Waals surface area contributed by atoms with E-state index in [1.807, 2.05) is 39.0 Å². The summed E-state index contributed by atoms with van der Waals surface area (Å²) in [6.45, 7) is 6.38. The Labute approximate surface area is 194 Å². The Morgan fingerprint density at radius 2 is 1.74 bits per heavy atom. The zero-order chi connectivity index (χ0) is 22.8. The van der Waals surface area contributed by atoms with E-state index in [0.717, 1.165) is 5.56 Å². The van der Waals surface area contributed by atoms with Gasteiger partial charge < -0.3 is 15.0 Å². The molecule has 31 heavy (non-hydrogen) atoms. The molecule has 0 unspecified atom stereocenters. The summed E-state index contributed by atoms with van der Waals surface area (Å²) in [7, 11) is 0. The first-order valence-electron chi connectivity index (χ1n) is 10.5. The SMILES string of the molecule is CC[C@H](C(=O)NC(C)C)N(Cc1ccccc1Cl)C(=O)CCCOc1ccc(Cl)cc1. The lowest BCUT2D eigenvalue weighted by molar-refractivity contribution is -0.141. The molecule has 0 radical (unpaired) electrons. The Morgan fingerprint density at radius 3 is 2.35 bits per heavy atom. The lowest BCUT2D eigenvalue weighted by Crippen LogP contribution is -2.50. The van der Waals surface area contributed by atoms with E-state index in [1.54, 1.807) is 35.2 Å². The van der Waals surface area contributed by atoms with Gasteiger partial charge in [-0.2, -0.15) is 0 Å². The molecule has 0 aliphatic heterocycles. The summed E-state index contributed by atoms with van der Waals surface area (Å²) in [5, 5.41) is 4.14. The van der Waals surface area contributed by atoms with Crippen molar-refractivity contribution in [1.29, 1.82) is 0 Å². The molecule has 0 bridgehead atoms. The van der Waals surface area contributed by atoms with Crippen molar-refractivity contribution in [2.45, 2.75) is 58.7 Å². The number of halogens is 2. The largest absolute Gasteiger partial charge is 0.494 e. The predicted molar refractivity (Wildman–Crippen MR) is 126 cm³/mol. The minimum Gasteiger partial charge on any atom is -0.494 e. The summed E-state index contributed by atoms with van der Waals surface area (Å²) < 4.78 is 5.69. The van der Waals surface area contributed by atoms with Gasteiger partial charge in [0.1, 0.15) is 11.8 Å². The van der Waals surface area contributed by atoms with Crippen LogP contribution in [0.3, 0.4) is 0 Å². The zero-order valence-electron chi connectivity index (χ0n) is 18.2. The average molecular weight is 465 g/mol. The predicted octanol–water partition coefficient (Wildman–Crippen LogP) is 5.48. The van der Waals surface area contributed by atoms with Crippen LogP contribution in [0, 0.1) is 0 Å². The van der Waals surface area contributed by atoms with Gasteiger partial charge in [-0.3, -0.25) is 9.59 Å². The lowest BCUT2D eigenvalue weighted by atomic mass is 10.1. The Kier molecular flexibility index (Phi) is 10.2. The molecule has 2 aromatic carbocycles. The summed E-state index contributed by atoms with van der Waals surface area (Å²) in [5.41, 5.74) is 0.811. The molecule has 0 aromatic heterocycles. The highest BCUT2D eigenvalue weighted by atomic mass is 35.5. The van der Waals surface area contributed by atoms with Gasteiger partial charge in [0, 0.05) is 29.1 Å². The molecule has 7 heteroatoms. The van der Waals surface area contributed by atoms with Crippen LogP contribution < -0.4 is 10.1 Å². The third-order valence-electron chi connectivity index (χ3n) is 4.73. The second-order valence-corrected chi connectivity index (χ2v) is 8.45. The van der Waals surface area contributed by atoms with Crippen LogP contribution in [0.1, 0.15) is 45.6 Å². The summed E-state index contributed by atoms with van der Waals surface area (Å²) in [4.78, 5) is 27.5. The van der Waals surface area contributed by atoms with Crippen LogP contribution in [0.4, 0.5) is 0 Å². The van der Waals surface area contributed by atoms with E-state index in [1.165, 1.54) is 0 Å². The van der Waals surface area contributed by atoms with Gasteiger partial charge in [-0.15, -0.1) is 0 Å². The number of rotatable bonds is 11. The lowest BCUT2D eigenvalue weighted by Gasteiger charge is -2.31. The zero-order valence-corrected chi connectivity index (χ0v) is 19.7. The number of hydrogen-bond donors (Lipinski definition) is 1. The number of hydrogen-bond acceptors (Lipinski definition) is 3. The minimum absolute atomic E-state index is 0.00779. The standard InChI is InChI=1S/C24H30Cl2N2O3/c1-4-22(24(30)27-17(2)3)28(16-18-8-5-6-9-21(18)26)23(29)10-7-15-31-20-13-11-19(25)12-14-20/h5-6,8-9,11-14,17,22H,4,7,10,15-16H2,1-3H3,(H,27,30)/t22-/m1/s1. The Morgan fingerprint density at radius 1 is 1.06 bits per heavy atom. The van der Waals surface area contributed by atoms with Crippen LogP contribution in [0.5, 0.6) is 5.75 Å². The fourth-order valence-electron chi connectivity index (χ4n) is 3.20. The van der Waals surface area contributed by atoms with E-state index in [-0.39, 0.29) is 30.8 Å². The third-order valence-corrected chi connectivity index (χ3v) is 5.35. The molecule has 2 amide bonds. The van der Waals surface area contributed by atoms with Gasteiger partial charge in [-0.1, -0.05) is 48.3 Å². The molecule has 1 N–H and O–H groups in total. The second kappa shape index (κ2) is 12.6. The van der Waals surface area contributed by atoms with Crippen molar-refractivity contribution < 1.29 is 14.3 Å². The molecule has 0 saturated carbocycles. The van der Waals surface area contributed by atoms with E-state index in [4.69, 9.17) is 27.9 Å². The second-order valence-electron chi connectivity index (χ2n) is 7.61. The molecule has 2 rings (SSSR count). The van der Waals surface area contributed by atoms with Gasteiger partial charge in [0.2, 0.25) is 11.8 Å². The molecule has 0 aliphatic rings. The van der Waals surface area contributed by atoms with Gasteiger partial charge in [-0.25, -0.2) is 0 Å². The Bertz CT molecular complexity index is 856. The fourth-order valence-corrected chi connectivity index (χ4v) is 3.52. The smallest absolute Gasteiger partial charge is 0.243 e. The number of nitrogens with zero attached hydrogens (tertiary/aromatic N) is 1. The van der Waals surface area contributed by atoms with Gasteiger partial charge in [0.25, 0.3) is 0 Å². The molecule has 1 atom stereocenters. The highest BCUT2D eigenvalue weighted by Gasteiger charge is 2.29. The molecule has 168 valence electrons. The minimum atomic E-state index is -0.566. The van der Waals surface area contributed by atoms with Crippen LogP contribution in [0.15, 0.2) is 48.5 Å². The van der Waals surface area contributed by atoms with E-state index in [2.05, 4.69) is 5.32 Å². The first kappa shape index (κ1) is 25.0. The van der Waals surface area contributed by atoms with Gasteiger partial charge in [0.15, 0.2) is 0 Å². The molecular weight excluding hydrogens is 435 g/mol. The molecular formula is C24H30Cl2N2O3. The maximum atomic E-state index is 13.1. The monoisotopic (exact) mass is 464 g/mol. The Balaban J connectivity index is 2.06. The van der Waals surface area contributed by atoms with Crippen molar-refractivity contribution in [1.82, 2.24) is 10.2 Å². The van der Waals surface area contributed by atoms with Crippen molar-refractivity contribution in [3.05, 3.63) is 64.1 Å². The molecule has 0 heterocycles. The first-order chi connectivity index (χ1) is 14.8. The average Bonchev–Trinajstić information content (AvgIpc) is 2.73. The molecule has 0 spiro atoms. The highest BCUT2D eigenvalue weighted by molar-refractivity contribution is 6.31. The number of carbonyl (C=O) groups excluding carboxylic acids is 2. The number of nitrogens with one attached hydrogen (secondary N) is 1. The van der Waals surface area contributed by atoms with Crippen molar-refractivity contribution in [3.63, 3.8) is 0 Å². The third kappa shape index (κ3) is 8.08. The number of benzene rings is 2. The fraction of sp³-hybridized carbons (Fsp3) is 0.417. The van der Waals surface area contributed by atoms with Crippen LogP contribution in [0.25, 0.3) is 0 Å². The quantitative estimate of drug-likeness (QED) is 0.447. The van der Waals surface area contributed by atoms with Crippen LogP contribution in [-0.2, 0) is 16.1 Å². The summed E-state index contributed by atoms with van der Waals surface area (Å²) in [6.07, 6.45) is 1.31. The number of ether oxygens (including phenoxy) is 1. The van der Waals surface area contributed by atoms with Gasteiger partial charge >= 0.3 is 0 Å². The molecule has 0 aliphatic carbocycles.